The molecule has 112 valence electrons. The maximum Gasteiger partial charge on any atom is 0.146 e. The molecule has 0 saturated carbocycles. The van der Waals surface area contributed by atoms with Crippen LogP contribution < -0.4 is 14.8 Å². The lowest BCUT2D eigenvalue weighted by molar-refractivity contribution is 0.393. The maximum atomic E-state index is 13.7. The number of ether oxygens (including phenoxy) is 2. The number of benzene rings is 2. The fraction of sp³-hybridized carbons (Fsp3) is 0.250. The zero-order valence-corrected chi connectivity index (χ0v) is 12.2. The summed E-state index contributed by atoms with van der Waals surface area (Å²) in [6.07, 6.45) is 0. The third-order valence-electron chi connectivity index (χ3n) is 3.14. The van der Waals surface area contributed by atoms with Crippen LogP contribution in [0.5, 0.6) is 11.5 Å². The van der Waals surface area contributed by atoms with Crippen molar-refractivity contribution in [2.75, 3.05) is 19.5 Å². The van der Waals surface area contributed by atoms with Crippen LogP contribution in [0.4, 0.5) is 14.5 Å². The number of rotatable bonds is 5. The summed E-state index contributed by atoms with van der Waals surface area (Å²) in [4.78, 5) is 0. The van der Waals surface area contributed by atoms with Crippen LogP contribution in [0.15, 0.2) is 30.3 Å². The van der Waals surface area contributed by atoms with E-state index in [2.05, 4.69) is 5.32 Å². The Kier molecular flexibility index (Phi) is 4.62. The van der Waals surface area contributed by atoms with Crippen molar-refractivity contribution >= 4 is 5.69 Å². The van der Waals surface area contributed by atoms with E-state index in [1.165, 1.54) is 13.0 Å². The van der Waals surface area contributed by atoms with E-state index in [1.807, 2.05) is 0 Å². The summed E-state index contributed by atoms with van der Waals surface area (Å²) in [7, 11) is 3.11. The van der Waals surface area contributed by atoms with Gasteiger partial charge < -0.3 is 14.8 Å². The van der Waals surface area contributed by atoms with Crippen LogP contribution in [0.25, 0.3) is 0 Å². The molecule has 0 aliphatic carbocycles. The van der Waals surface area contributed by atoms with Crippen LogP contribution in [0.1, 0.15) is 11.1 Å². The van der Waals surface area contributed by atoms with Crippen molar-refractivity contribution in [2.24, 2.45) is 0 Å². The fourth-order valence-corrected chi connectivity index (χ4v) is 1.95. The molecule has 0 radical (unpaired) electrons. The van der Waals surface area contributed by atoms with Crippen LogP contribution in [-0.4, -0.2) is 14.2 Å². The second kappa shape index (κ2) is 6.43. The predicted molar refractivity (Wildman–Crippen MR) is 78.0 cm³/mol. The van der Waals surface area contributed by atoms with Crippen molar-refractivity contribution in [1.29, 1.82) is 0 Å². The molecule has 0 aromatic heterocycles. The first-order chi connectivity index (χ1) is 10.0. The Morgan fingerprint density at radius 2 is 1.52 bits per heavy atom. The molecule has 0 spiro atoms. The molecule has 0 aliphatic heterocycles. The molecule has 2 aromatic carbocycles. The van der Waals surface area contributed by atoms with Gasteiger partial charge in [-0.3, -0.25) is 0 Å². The van der Waals surface area contributed by atoms with Crippen molar-refractivity contribution in [2.45, 2.75) is 13.5 Å². The van der Waals surface area contributed by atoms with E-state index >= 15 is 0 Å². The van der Waals surface area contributed by atoms with E-state index in [-0.39, 0.29) is 11.3 Å². The summed E-state index contributed by atoms with van der Waals surface area (Å²) in [5.74, 6) is 0.356. The van der Waals surface area contributed by atoms with Gasteiger partial charge in [-0.2, -0.15) is 0 Å². The minimum atomic E-state index is -0.483. The summed E-state index contributed by atoms with van der Waals surface area (Å²) in [6, 6.07) is 7.68. The average molecular weight is 293 g/mol. The number of anilines is 1. The molecular weight excluding hydrogens is 276 g/mol. The Hall–Kier alpha value is -2.30. The monoisotopic (exact) mass is 293 g/mol. The van der Waals surface area contributed by atoms with E-state index in [4.69, 9.17) is 9.47 Å². The van der Waals surface area contributed by atoms with Crippen molar-refractivity contribution in [3.8, 4) is 11.5 Å². The van der Waals surface area contributed by atoms with Gasteiger partial charge in [-0.25, -0.2) is 8.78 Å². The molecule has 0 aliphatic rings. The molecule has 3 nitrogen and oxygen atoms in total. The number of nitrogens with one attached hydrogen (secondary N) is 1. The Bertz CT molecular complexity index is 622. The summed E-state index contributed by atoms with van der Waals surface area (Å²) in [5.41, 5.74) is 1.24. The smallest absolute Gasteiger partial charge is 0.146 e. The van der Waals surface area contributed by atoms with Crippen LogP contribution in [0.2, 0.25) is 0 Å². The highest BCUT2D eigenvalue weighted by Gasteiger charge is 2.08. The topological polar surface area (TPSA) is 30.5 Å². The van der Waals surface area contributed by atoms with E-state index in [9.17, 15) is 8.78 Å². The van der Waals surface area contributed by atoms with Gasteiger partial charge in [-0.1, -0.05) is 0 Å². The van der Waals surface area contributed by atoms with Gasteiger partial charge in [-0.05, 0) is 36.2 Å². The van der Waals surface area contributed by atoms with E-state index in [0.717, 1.165) is 11.6 Å². The Labute approximate surface area is 122 Å². The standard InChI is InChI=1S/C16H17F2NO2/c1-10-4-15(18)16(8-14(10)17)19-9-11-5-12(20-2)7-13(6-11)21-3/h4-8,19H,9H2,1-3H3. The van der Waals surface area contributed by atoms with Crippen molar-refractivity contribution in [3.05, 3.63) is 53.1 Å². The van der Waals surface area contributed by atoms with Gasteiger partial charge in [0.15, 0.2) is 0 Å². The van der Waals surface area contributed by atoms with Gasteiger partial charge in [0.25, 0.3) is 0 Å². The second-order valence-corrected chi connectivity index (χ2v) is 4.66. The lowest BCUT2D eigenvalue weighted by Gasteiger charge is -2.11. The molecule has 1 N–H and O–H groups in total. The SMILES string of the molecule is COc1cc(CNc2cc(F)c(C)cc2F)cc(OC)c1. The van der Waals surface area contributed by atoms with Crippen LogP contribution in [0, 0.1) is 18.6 Å². The molecule has 21 heavy (non-hydrogen) atoms. The van der Waals surface area contributed by atoms with E-state index in [0.29, 0.717) is 18.0 Å². The number of methoxy groups -OCH3 is 2. The summed E-state index contributed by atoms with van der Waals surface area (Å²) >= 11 is 0. The van der Waals surface area contributed by atoms with Gasteiger partial charge in [0.1, 0.15) is 23.1 Å². The molecule has 2 aromatic rings. The van der Waals surface area contributed by atoms with Crippen LogP contribution in [-0.2, 0) is 6.54 Å². The van der Waals surface area contributed by atoms with Crippen LogP contribution in [0.3, 0.4) is 0 Å². The molecular formula is C16H17F2NO2. The van der Waals surface area contributed by atoms with Crippen molar-refractivity contribution in [3.63, 3.8) is 0 Å². The Morgan fingerprint density at radius 3 is 2.10 bits per heavy atom. The first kappa shape index (κ1) is 15.1. The Balaban J connectivity index is 2.18. The lowest BCUT2D eigenvalue weighted by Crippen LogP contribution is -2.03. The molecule has 0 saturated heterocycles. The highest BCUT2D eigenvalue weighted by molar-refractivity contribution is 5.48. The molecule has 0 heterocycles. The first-order valence-electron chi connectivity index (χ1n) is 6.45. The summed E-state index contributed by atoms with van der Waals surface area (Å²) < 4.78 is 37.6. The zero-order valence-electron chi connectivity index (χ0n) is 12.2. The largest absolute Gasteiger partial charge is 0.497 e. The third kappa shape index (κ3) is 3.62. The predicted octanol–water partition coefficient (Wildman–Crippen LogP) is 3.90. The highest BCUT2D eigenvalue weighted by Crippen LogP contribution is 2.24. The summed E-state index contributed by atoms with van der Waals surface area (Å²) in [6.45, 7) is 1.85. The number of hydrogen-bond acceptors (Lipinski definition) is 3. The fourth-order valence-electron chi connectivity index (χ4n) is 1.95. The number of aryl methyl sites for hydroxylation is 1. The molecule has 0 amide bonds. The molecule has 2 rings (SSSR count). The minimum Gasteiger partial charge on any atom is -0.497 e. The summed E-state index contributed by atoms with van der Waals surface area (Å²) in [5, 5.41) is 2.87. The molecule has 0 fully saturated rings. The highest BCUT2D eigenvalue weighted by atomic mass is 19.1. The average Bonchev–Trinajstić information content (AvgIpc) is 2.49. The van der Waals surface area contributed by atoms with Crippen molar-refractivity contribution in [1.82, 2.24) is 0 Å². The van der Waals surface area contributed by atoms with Gasteiger partial charge in [0.2, 0.25) is 0 Å². The van der Waals surface area contributed by atoms with Gasteiger partial charge in [0, 0.05) is 18.7 Å². The van der Waals surface area contributed by atoms with Crippen molar-refractivity contribution < 1.29 is 18.3 Å². The van der Waals surface area contributed by atoms with E-state index in [1.54, 1.807) is 32.4 Å². The van der Waals surface area contributed by atoms with E-state index < -0.39 is 11.6 Å². The second-order valence-electron chi connectivity index (χ2n) is 4.66. The number of hydrogen-bond donors (Lipinski definition) is 1. The van der Waals surface area contributed by atoms with Gasteiger partial charge in [0.05, 0.1) is 19.9 Å². The maximum absolute atomic E-state index is 13.7. The van der Waals surface area contributed by atoms with Crippen LogP contribution >= 0.6 is 0 Å². The molecule has 0 unspecified atom stereocenters. The molecule has 5 heteroatoms. The molecule has 0 bridgehead atoms. The zero-order chi connectivity index (χ0) is 15.4. The third-order valence-corrected chi connectivity index (χ3v) is 3.14. The first-order valence-corrected chi connectivity index (χ1v) is 6.45. The molecule has 0 atom stereocenters. The Morgan fingerprint density at radius 1 is 0.905 bits per heavy atom. The van der Waals surface area contributed by atoms with Gasteiger partial charge >= 0.3 is 0 Å². The minimum absolute atomic E-state index is 0.125. The van der Waals surface area contributed by atoms with Gasteiger partial charge in [-0.15, -0.1) is 0 Å². The number of halogens is 2. The quantitative estimate of drug-likeness (QED) is 0.907. The normalized spacial score (nSPS) is 10.3. The lowest BCUT2D eigenvalue weighted by atomic mass is 10.1.